The Kier molecular flexibility index (Phi) is 7.72. The number of nitrogens with zero attached hydrogens (tertiary/aromatic N) is 1. The maximum Gasteiger partial charge on any atom is 0.254 e. The van der Waals surface area contributed by atoms with E-state index in [0.29, 0.717) is 13.0 Å². The molecule has 0 spiro atoms. The number of benzene rings is 3. The molecule has 5 heteroatoms. The van der Waals surface area contributed by atoms with Gasteiger partial charge in [0, 0.05) is 17.8 Å². The predicted molar refractivity (Wildman–Crippen MR) is 149 cm³/mol. The first-order valence-electron chi connectivity index (χ1n) is 13.0. The number of amides is 2. The lowest BCUT2D eigenvalue weighted by Gasteiger charge is -2.41. The number of carbonyl (C=O) groups excluding carboxylic acids is 2. The highest BCUT2D eigenvalue weighted by atomic mass is 16.5. The normalized spacial score (nSPS) is 17.8. The maximum atomic E-state index is 14.0. The molecule has 0 saturated carbocycles. The summed E-state index contributed by atoms with van der Waals surface area (Å²) < 4.78 is 5.36. The highest BCUT2D eigenvalue weighted by Crippen LogP contribution is 2.39. The molecule has 1 unspecified atom stereocenters. The molecule has 1 fully saturated rings. The molecule has 1 aliphatic rings. The van der Waals surface area contributed by atoms with Crippen LogP contribution in [0.2, 0.25) is 0 Å². The number of rotatable bonds is 5. The van der Waals surface area contributed by atoms with Gasteiger partial charge in [-0.25, -0.2) is 0 Å². The van der Waals surface area contributed by atoms with E-state index in [0.717, 1.165) is 45.7 Å². The minimum Gasteiger partial charge on any atom is -0.497 e. The average molecular weight is 499 g/mol. The van der Waals surface area contributed by atoms with Gasteiger partial charge in [-0.3, -0.25) is 9.59 Å². The average Bonchev–Trinajstić information content (AvgIpc) is 2.87. The minimum absolute atomic E-state index is 0.0220. The Morgan fingerprint density at radius 3 is 2.22 bits per heavy atom. The molecule has 0 aromatic heterocycles. The van der Waals surface area contributed by atoms with Gasteiger partial charge in [-0.15, -0.1) is 0 Å². The van der Waals surface area contributed by atoms with Gasteiger partial charge in [0.25, 0.3) is 5.91 Å². The Labute approximate surface area is 220 Å². The van der Waals surface area contributed by atoms with Gasteiger partial charge < -0.3 is 15.0 Å². The Morgan fingerprint density at radius 1 is 0.946 bits per heavy atom. The van der Waals surface area contributed by atoms with Crippen molar-refractivity contribution in [3.8, 4) is 5.75 Å². The Balaban J connectivity index is 1.71. The van der Waals surface area contributed by atoms with E-state index in [2.05, 4.69) is 32.2 Å². The molecule has 5 nitrogen and oxygen atoms in total. The van der Waals surface area contributed by atoms with Crippen molar-refractivity contribution >= 4 is 17.5 Å². The van der Waals surface area contributed by atoms with Crippen LogP contribution in [-0.2, 0) is 10.2 Å². The number of carbonyl (C=O) groups is 2. The second kappa shape index (κ2) is 10.8. The Bertz CT molecular complexity index is 1250. The van der Waals surface area contributed by atoms with Crippen LogP contribution in [0.3, 0.4) is 0 Å². The lowest BCUT2D eigenvalue weighted by molar-refractivity contribution is -0.123. The molecule has 1 saturated heterocycles. The van der Waals surface area contributed by atoms with Crippen molar-refractivity contribution in [1.82, 2.24) is 4.90 Å². The van der Waals surface area contributed by atoms with Crippen molar-refractivity contribution in [3.05, 3.63) is 94.5 Å². The SMILES string of the molecule is COc1ccc(C2[C@@H](C(=O)Nc3cccc(C(C)(C)C)c3)CCCN2C(=O)c2c(C)cccc2C)cc1. The van der Waals surface area contributed by atoms with Gasteiger partial charge >= 0.3 is 0 Å². The molecule has 1 N–H and O–H groups in total. The number of nitrogens with one attached hydrogen (secondary N) is 1. The fourth-order valence-electron chi connectivity index (χ4n) is 5.31. The van der Waals surface area contributed by atoms with Crippen molar-refractivity contribution in [2.75, 3.05) is 19.0 Å². The topological polar surface area (TPSA) is 58.6 Å². The molecule has 37 heavy (non-hydrogen) atoms. The fraction of sp³-hybridized carbons (Fsp3) is 0.375. The van der Waals surface area contributed by atoms with Crippen LogP contribution in [0.1, 0.15) is 72.3 Å². The monoisotopic (exact) mass is 498 g/mol. The summed E-state index contributed by atoms with van der Waals surface area (Å²) in [5, 5.41) is 3.17. The highest BCUT2D eigenvalue weighted by Gasteiger charge is 2.40. The largest absolute Gasteiger partial charge is 0.497 e. The molecular weight excluding hydrogens is 460 g/mol. The molecule has 0 aliphatic carbocycles. The third-order valence-corrected chi connectivity index (χ3v) is 7.38. The predicted octanol–water partition coefficient (Wildman–Crippen LogP) is 6.84. The summed E-state index contributed by atoms with van der Waals surface area (Å²) in [6, 6.07) is 21.3. The van der Waals surface area contributed by atoms with E-state index in [9.17, 15) is 9.59 Å². The van der Waals surface area contributed by atoms with E-state index in [1.165, 1.54) is 0 Å². The quantitative estimate of drug-likeness (QED) is 0.419. The lowest BCUT2D eigenvalue weighted by atomic mass is 9.83. The molecule has 0 bridgehead atoms. The third kappa shape index (κ3) is 5.71. The van der Waals surface area contributed by atoms with Crippen LogP contribution in [0.5, 0.6) is 5.75 Å². The van der Waals surface area contributed by atoms with E-state index in [1.54, 1.807) is 7.11 Å². The van der Waals surface area contributed by atoms with Gasteiger partial charge in [-0.2, -0.15) is 0 Å². The molecule has 2 atom stereocenters. The summed E-state index contributed by atoms with van der Waals surface area (Å²) in [7, 11) is 1.63. The molecule has 194 valence electrons. The molecule has 2 amide bonds. The molecule has 0 radical (unpaired) electrons. The number of ether oxygens (including phenoxy) is 1. The lowest BCUT2D eigenvalue weighted by Crippen LogP contribution is -2.46. The first kappa shape index (κ1) is 26.5. The Hall–Kier alpha value is -3.60. The zero-order valence-electron chi connectivity index (χ0n) is 22.8. The number of anilines is 1. The van der Waals surface area contributed by atoms with Crippen LogP contribution in [0.15, 0.2) is 66.7 Å². The highest BCUT2D eigenvalue weighted by molar-refractivity contribution is 5.99. The molecule has 3 aromatic rings. The third-order valence-electron chi connectivity index (χ3n) is 7.38. The number of likely N-dealkylation sites (tertiary alicyclic amines) is 1. The maximum absolute atomic E-state index is 14.0. The standard InChI is InChI=1S/C32H38N2O3/c1-21-10-7-11-22(2)28(21)31(36)34-19-9-14-27(29(34)23-15-17-26(37-6)18-16-23)30(35)33-25-13-8-12-24(20-25)32(3,4)5/h7-8,10-13,15-18,20,27,29H,9,14,19H2,1-6H3,(H,33,35)/t27-,29?/m0/s1. The van der Waals surface area contributed by atoms with Gasteiger partial charge in [0.1, 0.15) is 5.75 Å². The number of aryl methyl sites for hydroxylation is 2. The summed E-state index contributed by atoms with van der Waals surface area (Å²) in [5.74, 6) is 0.274. The van der Waals surface area contributed by atoms with E-state index in [4.69, 9.17) is 4.74 Å². The first-order valence-corrected chi connectivity index (χ1v) is 13.0. The van der Waals surface area contributed by atoms with Crippen molar-refractivity contribution in [3.63, 3.8) is 0 Å². The van der Waals surface area contributed by atoms with Crippen LogP contribution in [0.25, 0.3) is 0 Å². The second-order valence-electron chi connectivity index (χ2n) is 11.1. The van der Waals surface area contributed by atoms with Crippen LogP contribution in [0.4, 0.5) is 5.69 Å². The Morgan fingerprint density at radius 2 is 1.59 bits per heavy atom. The summed E-state index contributed by atoms with van der Waals surface area (Å²) in [5.41, 5.74) is 5.47. The summed E-state index contributed by atoms with van der Waals surface area (Å²) in [6.07, 6.45) is 1.47. The fourth-order valence-corrected chi connectivity index (χ4v) is 5.31. The second-order valence-corrected chi connectivity index (χ2v) is 11.1. The first-order chi connectivity index (χ1) is 17.6. The summed E-state index contributed by atoms with van der Waals surface area (Å²) in [6.45, 7) is 11.0. The number of methoxy groups -OCH3 is 1. The van der Waals surface area contributed by atoms with Gasteiger partial charge in [0.2, 0.25) is 5.91 Å². The van der Waals surface area contributed by atoms with E-state index in [1.807, 2.05) is 79.4 Å². The van der Waals surface area contributed by atoms with E-state index < -0.39 is 0 Å². The molecule has 1 aliphatic heterocycles. The van der Waals surface area contributed by atoms with Crippen molar-refractivity contribution in [2.24, 2.45) is 5.92 Å². The van der Waals surface area contributed by atoms with E-state index in [-0.39, 0.29) is 29.2 Å². The number of hydrogen-bond donors (Lipinski definition) is 1. The van der Waals surface area contributed by atoms with Crippen LogP contribution < -0.4 is 10.1 Å². The zero-order chi connectivity index (χ0) is 26.7. The van der Waals surface area contributed by atoms with Gasteiger partial charge in [0.15, 0.2) is 0 Å². The smallest absolute Gasteiger partial charge is 0.254 e. The van der Waals surface area contributed by atoms with Crippen molar-refractivity contribution < 1.29 is 14.3 Å². The zero-order valence-corrected chi connectivity index (χ0v) is 22.8. The molecular formula is C32H38N2O3. The minimum atomic E-state index is -0.381. The van der Waals surface area contributed by atoms with Gasteiger partial charge in [0.05, 0.1) is 19.1 Å². The molecule has 4 rings (SSSR count). The number of hydrogen-bond acceptors (Lipinski definition) is 3. The van der Waals surface area contributed by atoms with Gasteiger partial charge in [-0.05, 0) is 78.6 Å². The van der Waals surface area contributed by atoms with Crippen molar-refractivity contribution in [2.45, 2.75) is 58.9 Å². The van der Waals surface area contributed by atoms with Crippen LogP contribution in [-0.4, -0.2) is 30.4 Å². The van der Waals surface area contributed by atoms with Crippen molar-refractivity contribution in [1.29, 1.82) is 0 Å². The molecule has 1 heterocycles. The van der Waals surface area contributed by atoms with Gasteiger partial charge in [-0.1, -0.05) is 63.2 Å². The number of piperidine rings is 1. The van der Waals surface area contributed by atoms with Crippen LogP contribution in [0, 0.1) is 19.8 Å². The van der Waals surface area contributed by atoms with Crippen LogP contribution >= 0.6 is 0 Å². The summed E-state index contributed by atoms with van der Waals surface area (Å²) in [4.78, 5) is 29.7. The summed E-state index contributed by atoms with van der Waals surface area (Å²) >= 11 is 0. The van der Waals surface area contributed by atoms with E-state index >= 15 is 0 Å². The molecule has 3 aromatic carbocycles.